The average molecular weight is 545 g/mol. The Labute approximate surface area is 226 Å². The molecule has 3 rings (SSSR count). The minimum Gasteiger partial charge on any atom is -0.459 e. The van der Waals surface area contributed by atoms with Gasteiger partial charge in [0.05, 0.1) is 11.8 Å². The normalized spacial score (nSPS) is 10.3. The van der Waals surface area contributed by atoms with Gasteiger partial charge in [-0.1, -0.05) is 59.7 Å². The van der Waals surface area contributed by atoms with Crippen LogP contribution in [0.25, 0.3) is 18.2 Å². The Balaban J connectivity index is 0.000000324. The highest BCUT2D eigenvalue weighted by Crippen LogP contribution is 2.10. The van der Waals surface area contributed by atoms with Gasteiger partial charge in [0.1, 0.15) is 18.6 Å². The Morgan fingerprint density at radius 1 is 0.892 bits per heavy atom. The number of benzene rings is 2. The maximum atomic E-state index is 10.7. The van der Waals surface area contributed by atoms with E-state index >= 15 is 0 Å². The second-order valence-corrected chi connectivity index (χ2v) is 8.19. The number of alkyl halides is 2. The van der Waals surface area contributed by atoms with Crippen molar-refractivity contribution in [1.29, 1.82) is 0 Å². The molecule has 0 aliphatic heterocycles. The van der Waals surface area contributed by atoms with Crippen molar-refractivity contribution < 1.29 is 23.5 Å². The second kappa shape index (κ2) is 17.7. The van der Waals surface area contributed by atoms with Crippen LogP contribution in [0.3, 0.4) is 0 Å². The van der Waals surface area contributed by atoms with Crippen molar-refractivity contribution in [2.75, 3.05) is 11.8 Å². The van der Waals surface area contributed by atoms with Crippen LogP contribution >= 0.6 is 23.2 Å². The Kier molecular flexibility index (Phi) is 15.0. The summed E-state index contributed by atoms with van der Waals surface area (Å²) in [6, 6.07) is 16.0. The molecule has 1 aromatic heterocycles. The van der Waals surface area contributed by atoms with Gasteiger partial charge in [-0.3, -0.25) is 14.4 Å². The highest BCUT2D eigenvalue weighted by atomic mass is 35.5. The van der Waals surface area contributed by atoms with Crippen molar-refractivity contribution in [1.82, 2.24) is 4.98 Å². The van der Waals surface area contributed by atoms with Crippen molar-refractivity contribution in [3.05, 3.63) is 94.7 Å². The van der Waals surface area contributed by atoms with Crippen molar-refractivity contribution in [3.8, 4) is 0 Å². The number of esters is 1. The van der Waals surface area contributed by atoms with E-state index in [4.69, 9.17) is 38.1 Å². The number of rotatable bonds is 8. The average Bonchev–Trinajstić information content (AvgIpc) is 3.35. The van der Waals surface area contributed by atoms with Gasteiger partial charge in [0, 0.05) is 19.1 Å². The van der Waals surface area contributed by atoms with Crippen LogP contribution in [0.2, 0.25) is 0 Å². The maximum absolute atomic E-state index is 10.7. The lowest BCUT2D eigenvalue weighted by molar-refractivity contribution is -0.142. The minimum atomic E-state index is -0.421. The molecule has 0 saturated carbocycles. The lowest BCUT2D eigenvalue weighted by atomic mass is 10.1. The van der Waals surface area contributed by atoms with Crippen LogP contribution in [0.5, 0.6) is 0 Å². The number of hydrogen-bond donors (Lipinski definition) is 1. The van der Waals surface area contributed by atoms with Gasteiger partial charge in [0.15, 0.2) is 5.78 Å². The molecular formula is C28H30Cl2N2O5. The Morgan fingerprint density at radius 2 is 1.41 bits per heavy atom. The summed E-state index contributed by atoms with van der Waals surface area (Å²) < 4.78 is 10.1. The van der Waals surface area contributed by atoms with E-state index in [1.807, 2.05) is 68.5 Å². The van der Waals surface area contributed by atoms with Gasteiger partial charge in [-0.05, 0) is 37.1 Å². The number of carbonyl (C=O) groups excluding carboxylic acids is 3. The molecule has 0 saturated heterocycles. The molecule has 3 aromatic rings. The van der Waals surface area contributed by atoms with Crippen LogP contribution in [0, 0.1) is 13.8 Å². The molecule has 2 aromatic carbocycles. The zero-order valence-electron chi connectivity index (χ0n) is 20.9. The minimum absolute atomic E-state index is 0.0312. The van der Waals surface area contributed by atoms with E-state index in [9.17, 15) is 14.4 Å². The van der Waals surface area contributed by atoms with E-state index in [0.29, 0.717) is 11.6 Å². The molecule has 2 N–H and O–H groups in total. The first-order chi connectivity index (χ1) is 17.6. The fourth-order valence-electron chi connectivity index (χ4n) is 2.38. The first kappa shape index (κ1) is 31.4. The summed E-state index contributed by atoms with van der Waals surface area (Å²) in [5.41, 5.74) is 10.0. The summed E-state index contributed by atoms with van der Waals surface area (Å²) in [6.07, 6.45) is 8.23. The number of oxazole rings is 1. The summed E-state index contributed by atoms with van der Waals surface area (Å²) in [5.74, 6) is -0.330. The maximum Gasteiger partial charge on any atom is 0.303 e. The molecule has 0 spiro atoms. The highest BCUT2D eigenvalue weighted by molar-refractivity contribution is 6.35. The molecule has 0 atom stereocenters. The summed E-state index contributed by atoms with van der Waals surface area (Å²) in [7, 11) is 0. The fraction of sp³-hybridized carbons (Fsp3) is 0.214. The quantitative estimate of drug-likeness (QED) is 0.219. The third-order valence-electron chi connectivity index (χ3n) is 4.30. The summed E-state index contributed by atoms with van der Waals surface area (Å²) >= 11 is 10.0. The van der Waals surface area contributed by atoms with Crippen molar-refractivity contribution in [3.63, 3.8) is 0 Å². The molecule has 7 nitrogen and oxygen atoms in total. The van der Waals surface area contributed by atoms with Gasteiger partial charge in [0.2, 0.25) is 11.8 Å². The summed E-state index contributed by atoms with van der Waals surface area (Å²) in [5, 5.41) is 0. The predicted octanol–water partition coefficient (Wildman–Crippen LogP) is 5.74. The van der Waals surface area contributed by atoms with E-state index < -0.39 is 5.91 Å². The predicted molar refractivity (Wildman–Crippen MR) is 148 cm³/mol. The number of primary amides is 1. The lowest BCUT2D eigenvalue weighted by Gasteiger charge is -1.95. The molecule has 0 aliphatic rings. The van der Waals surface area contributed by atoms with Crippen LogP contribution in [-0.4, -0.2) is 34.4 Å². The van der Waals surface area contributed by atoms with Gasteiger partial charge >= 0.3 is 5.97 Å². The van der Waals surface area contributed by atoms with Crippen molar-refractivity contribution in [2.24, 2.45) is 5.73 Å². The van der Waals surface area contributed by atoms with E-state index in [1.54, 1.807) is 12.2 Å². The Morgan fingerprint density at radius 3 is 1.84 bits per heavy atom. The van der Waals surface area contributed by atoms with Crippen LogP contribution in [0.1, 0.15) is 40.8 Å². The molecule has 0 bridgehead atoms. The topological polar surface area (TPSA) is 112 Å². The number of aromatic nitrogens is 1. The number of nitrogens with zero attached hydrogens (tertiary/aromatic N) is 1. The van der Waals surface area contributed by atoms with E-state index in [-0.39, 0.29) is 30.1 Å². The largest absolute Gasteiger partial charge is 0.459 e. The SMILES string of the molecule is CC(=O)OCc1coc(/C=C/c2ccc(C)cc2)n1.Cc1ccc(/C=C/C(N)=O)cc1.O=C(CCl)CCl. The van der Waals surface area contributed by atoms with Crippen LogP contribution < -0.4 is 5.73 Å². The van der Waals surface area contributed by atoms with Gasteiger partial charge < -0.3 is 14.9 Å². The number of halogens is 2. The number of ketones is 1. The summed E-state index contributed by atoms with van der Waals surface area (Å²) in [4.78, 5) is 35.1. The molecule has 0 radical (unpaired) electrons. The first-order valence-electron chi connectivity index (χ1n) is 11.1. The zero-order valence-corrected chi connectivity index (χ0v) is 22.5. The lowest BCUT2D eigenvalue weighted by Crippen LogP contribution is -2.04. The monoisotopic (exact) mass is 544 g/mol. The Bertz CT molecular complexity index is 1180. The molecule has 196 valence electrons. The molecule has 9 heteroatoms. The standard InChI is InChI=1S/C15H15NO3.C10H11NO.C3H4Cl2O/c1-11-3-5-13(6-4-11)7-8-15-16-14(10-19-15)9-18-12(2)17;1-8-2-4-9(5-3-8)6-7-10(11)12;4-1-3(6)2-5/h3-8,10H,9H2,1-2H3;2-7H,1H3,(H2,11,12);1-2H2/b8-7+;7-6+;. The third-order valence-corrected chi connectivity index (χ3v) is 4.90. The number of carbonyl (C=O) groups is 3. The number of hydrogen-bond acceptors (Lipinski definition) is 6. The number of ether oxygens (including phenoxy) is 1. The van der Waals surface area contributed by atoms with Crippen LogP contribution in [-0.2, 0) is 25.7 Å². The molecule has 0 fully saturated rings. The van der Waals surface area contributed by atoms with Crippen LogP contribution in [0.15, 0.2) is 65.3 Å². The van der Waals surface area contributed by atoms with Crippen molar-refractivity contribution in [2.45, 2.75) is 27.4 Å². The molecule has 37 heavy (non-hydrogen) atoms. The van der Waals surface area contributed by atoms with E-state index in [2.05, 4.69) is 4.98 Å². The van der Waals surface area contributed by atoms with E-state index in [0.717, 1.165) is 11.1 Å². The molecular weight excluding hydrogens is 515 g/mol. The van der Waals surface area contributed by atoms with Gasteiger partial charge in [-0.25, -0.2) is 4.98 Å². The summed E-state index contributed by atoms with van der Waals surface area (Å²) in [6.45, 7) is 5.56. The van der Waals surface area contributed by atoms with Gasteiger partial charge in [-0.2, -0.15) is 0 Å². The number of amides is 1. The molecule has 1 amide bonds. The molecule has 0 unspecified atom stereocenters. The van der Waals surface area contributed by atoms with Crippen LogP contribution in [0.4, 0.5) is 0 Å². The fourth-order valence-corrected chi connectivity index (χ4v) is 2.66. The number of aryl methyl sites for hydroxylation is 2. The Hall–Kier alpha value is -3.68. The molecule has 1 heterocycles. The highest BCUT2D eigenvalue weighted by Gasteiger charge is 2.02. The second-order valence-electron chi connectivity index (χ2n) is 7.65. The van der Waals surface area contributed by atoms with Gasteiger partial charge in [0.25, 0.3) is 0 Å². The number of nitrogens with two attached hydrogens (primary N) is 1. The zero-order chi connectivity index (χ0) is 27.6. The molecule has 0 aliphatic carbocycles. The van der Waals surface area contributed by atoms with Gasteiger partial charge in [-0.15, -0.1) is 23.2 Å². The number of Topliss-reactive ketones (excluding diaryl/α,β-unsaturated/α-hetero) is 1. The first-order valence-corrected chi connectivity index (χ1v) is 12.2. The smallest absolute Gasteiger partial charge is 0.303 e. The van der Waals surface area contributed by atoms with Crippen molar-refractivity contribution >= 4 is 59.1 Å². The third kappa shape index (κ3) is 15.1. The van der Waals surface area contributed by atoms with E-state index in [1.165, 1.54) is 30.4 Å².